The third-order valence-corrected chi connectivity index (χ3v) is 5.27. The Morgan fingerprint density at radius 1 is 0.833 bits per heavy atom. The summed E-state index contributed by atoms with van der Waals surface area (Å²) in [5.41, 5.74) is 2.69. The largest absolute Gasteiger partial charge is 0.495 e. The highest BCUT2D eigenvalue weighted by atomic mass is 35.5. The van der Waals surface area contributed by atoms with E-state index in [2.05, 4.69) is 21.3 Å². The van der Waals surface area contributed by atoms with Gasteiger partial charge in [-0.2, -0.15) is 0 Å². The molecule has 0 radical (unpaired) electrons. The molecule has 0 saturated carbocycles. The van der Waals surface area contributed by atoms with E-state index in [0.29, 0.717) is 49.9 Å². The third kappa shape index (κ3) is 7.24. The van der Waals surface area contributed by atoms with Crippen molar-refractivity contribution >= 4 is 63.7 Å². The number of hydrogen-bond donors (Lipinski definition) is 4. The molecule has 3 aromatic carbocycles. The first-order valence-electron chi connectivity index (χ1n) is 10.8. The number of rotatable bonds is 8. The number of carbonyl (C=O) groups excluding carboxylic acids is 2. The number of nitrogens with one attached hydrogen (secondary N) is 4. The van der Waals surface area contributed by atoms with Crippen molar-refractivity contribution < 1.29 is 23.8 Å². The van der Waals surface area contributed by atoms with E-state index in [1.165, 1.54) is 14.2 Å². The summed E-state index contributed by atoms with van der Waals surface area (Å²) in [6.45, 7) is 1.96. The van der Waals surface area contributed by atoms with Gasteiger partial charge in [0.15, 0.2) is 5.11 Å². The van der Waals surface area contributed by atoms with Crippen LogP contribution in [0, 0.1) is 0 Å². The summed E-state index contributed by atoms with van der Waals surface area (Å²) in [6.07, 6.45) is -0.584. The lowest BCUT2D eigenvalue weighted by Gasteiger charge is -2.15. The monoisotopic (exact) mass is 528 g/mol. The molecule has 36 heavy (non-hydrogen) atoms. The first-order chi connectivity index (χ1) is 17.3. The van der Waals surface area contributed by atoms with Crippen LogP contribution in [0.3, 0.4) is 0 Å². The van der Waals surface area contributed by atoms with Gasteiger partial charge in [0, 0.05) is 28.7 Å². The van der Waals surface area contributed by atoms with Gasteiger partial charge in [-0.3, -0.25) is 10.1 Å². The lowest BCUT2D eigenvalue weighted by molar-refractivity contribution is 0.102. The van der Waals surface area contributed by atoms with Gasteiger partial charge in [0.1, 0.15) is 11.5 Å². The highest BCUT2D eigenvalue weighted by Crippen LogP contribution is 2.36. The second-order valence-corrected chi connectivity index (χ2v) is 8.04. The van der Waals surface area contributed by atoms with E-state index in [0.717, 1.165) is 0 Å². The molecule has 9 nitrogen and oxygen atoms in total. The van der Waals surface area contributed by atoms with Crippen LogP contribution in [-0.4, -0.2) is 37.9 Å². The van der Waals surface area contributed by atoms with Gasteiger partial charge in [-0.15, -0.1) is 0 Å². The Labute approximate surface area is 219 Å². The van der Waals surface area contributed by atoms with Crippen molar-refractivity contribution in [2.45, 2.75) is 6.92 Å². The van der Waals surface area contributed by atoms with E-state index in [-0.39, 0.29) is 12.5 Å². The maximum Gasteiger partial charge on any atom is 0.411 e. The number of benzene rings is 3. The summed E-state index contributed by atoms with van der Waals surface area (Å²) < 4.78 is 15.4. The molecule has 4 N–H and O–H groups in total. The molecule has 0 bridgehead atoms. The van der Waals surface area contributed by atoms with Crippen LogP contribution in [-0.2, 0) is 4.74 Å². The molecule has 188 valence electrons. The van der Waals surface area contributed by atoms with Crippen LogP contribution in [0.25, 0.3) is 0 Å². The van der Waals surface area contributed by atoms with Gasteiger partial charge in [0.2, 0.25) is 0 Å². The molecule has 2 amide bonds. The first-order valence-corrected chi connectivity index (χ1v) is 11.6. The molecule has 0 aromatic heterocycles. The predicted molar refractivity (Wildman–Crippen MR) is 146 cm³/mol. The molecule has 0 saturated heterocycles. The molecule has 0 fully saturated rings. The highest BCUT2D eigenvalue weighted by Gasteiger charge is 2.12. The minimum atomic E-state index is -0.584. The Morgan fingerprint density at radius 2 is 1.50 bits per heavy atom. The number of methoxy groups -OCH3 is 2. The zero-order chi connectivity index (χ0) is 26.1. The molecule has 0 unspecified atom stereocenters. The number of amides is 2. The summed E-state index contributed by atoms with van der Waals surface area (Å²) in [5, 5.41) is 12.2. The minimum absolute atomic E-state index is 0.252. The van der Waals surface area contributed by atoms with Crippen molar-refractivity contribution in [1.29, 1.82) is 0 Å². The first kappa shape index (κ1) is 26.6. The van der Waals surface area contributed by atoms with E-state index in [1.807, 2.05) is 0 Å². The highest BCUT2D eigenvalue weighted by molar-refractivity contribution is 7.80. The number of hydrogen-bond acceptors (Lipinski definition) is 6. The molecular formula is C25H25ClN4O5S. The van der Waals surface area contributed by atoms with Crippen molar-refractivity contribution in [3.63, 3.8) is 0 Å². The molecule has 0 aliphatic rings. The Morgan fingerprint density at radius 3 is 2.14 bits per heavy atom. The normalized spacial score (nSPS) is 10.1. The number of carbonyl (C=O) groups is 2. The fourth-order valence-corrected chi connectivity index (χ4v) is 3.57. The Hall–Kier alpha value is -4.02. The standard InChI is InChI=1S/C25H25ClN4O5S/c1-4-35-25(32)29-18-7-5-6-15(12-18)23(31)27-16-8-10-17(11-9-16)28-24(36)30-20-13-19(26)21(33-2)14-22(20)34-3/h5-14H,4H2,1-3H3,(H,27,31)(H,29,32)(H2,28,30,36). The minimum Gasteiger partial charge on any atom is -0.495 e. The predicted octanol–water partition coefficient (Wildman–Crippen LogP) is 5.99. The summed E-state index contributed by atoms with van der Waals surface area (Å²) in [4.78, 5) is 24.2. The molecule has 0 atom stereocenters. The third-order valence-electron chi connectivity index (χ3n) is 4.77. The molecule has 3 rings (SSSR count). The number of ether oxygens (including phenoxy) is 3. The van der Waals surface area contributed by atoms with Crippen LogP contribution < -0.4 is 30.7 Å². The molecule has 0 spiro atoms. The van der Waals surface area contributed by atoms with E-state index >= 15 is 0 Å². The SMILES string of the molecule is CCOC(=O)Nc1cccc(C(=O)Nc2ccc(NC(=S)Nc3cc(Cl)c(OC)cc3OC)cc2)c1. The van der Waals surface area contributed by atoms with E-state index in [4.69, 9.17) is 38.0 Å². The van der Waals surface area contributed by atoms with Crippen molar-refractivity contribution in [2.24, 2.45) is 0 Å². The van der Waals surface area contributed by atoms with Crippen LogP contribution >= 0.6 is 23.8 Å². The summed E-state index contributed by atoms with van der Waals surface area (Å²) in [6, 6.07) is 16.8. The van der Waals surface area contributed by atoms with Crippen molar-refractivity contribution in [3.8, 4) is 11.5 Å². The van der Waals surface area contributed by atoms with Crippen molar-refractivity contribution in [1.82, 2.24) is 0 Å². The average Bonchev–Trinajstić information content (AvgIpc) is 2.85. The second-order valence-electron chi connectivity index (χ2n) is 7.22. The summed E-state index contributed by atoms with van der Waals surface area (Å²) in [7, 11) is 3.05. The van der Waals surface area contributed by atoms with Gasteiger partial charge < -0.3 is 30.2 Å². The van der Waals surface area contributed by atoms with Gasteiger partial charge >= 0.3 is 6.09 Å². The maximum absolute atomic E-state index is 12.6. The van der Waals surface area contributed by atoms with Crippen molar-refractivity contribution in [2.75, 3.05) is 42.1 Å². The molecular weight excluding hydrogens is 504 g/mol. The molecule has 0 aliphatic carbocycles. The van der Waals surface area contributed by atoms with Crippen LogP contribution in [0.1, 0.15) is 17.3 Å². The zero-order valence-corrected chi connectivity index (χ0v) is 21.4. The zero-order valence-electron chi connectivity index (χ0n) is 19.8. The fraction of sp³-hybridized carbons (Fsp3) is 0.160. The molecule has 0 heterocycles. The summed E-state index contributed by atoms with van der Waals surface area (Å²) >= 11 is 11.6. The number of anilines is 4. The fourth-order valence-electron chi connectivity index (χ4n) is 3.11. The molecule has 11 heteroatoms. The van der Waals surface area contributed by atoms with Gasteiger partial charge in [-0.1, -0.05) is 17.7 Å². The average molecular weight is 529 g/mol. The van der Waals surface area contributed by atoms with Gasteiger partial charge in [-0.25, -0.2) is 4.79 Å². The van der Waals surface area contributed by atoms with Crippen molar-refractivity contribution in [3.05, 3.63) is 71.2 Å². The quantitative estimate of drug-likeness (QED) is 0.264. The Bertz CT molecular complexity index is 1250. The van der Waals surface area contributed by atoms with Crippen LogP contribution in [0.5, 0.6) is 11.5 Å². The van der Waals surface area contributed by atoms with Gasteiger partial charge in [-0.05, 0) is 67.7 Å². The summed E-state index contributed by atoms with van der Waals surface area (Å²) in [5.74, 6) is 0.668. The molecule has 0 aliphatic heterocycles. The Balaban J connectivity index is 1.60. The van der Waals surface area contributed by atoms with Crippen LogP contribution in [0.4, 0.5) is 27.5 Å². The van der Waals surface area contributed by atoms with Crippen LogP contribution in [0.15, 0.2) is 60.7 Å². The number of thiocarbonyl (C=S) groups is 1. The van der Waals surface area contributed by atoms with E-state index in [9.17, 15) is 9.59 Å². The maximum atomic E-state index is 12.6. The lowest BCUT2D eigenvalue weighted by Crippen LogP contribution is -2.19. The van der Waals surface area contributed by atoms with Crippen LogP contribution in [0.2, 0.25) is 5.02 Å². The van der Waals surface area contributed by atoms with Gasteiger partial charge in [0.25, 0.3) is 5.91 Å². The van der Waals surface area contributed by atoms with Gasteiger partial charge in [0.05, 0.1) is 31.5 Å². The van der Waals surface area contributed by atoms with E-state index in [1.54, 1.807) is 67.6 Å². The lowest BCUT2D eigenvalue weighted by atomic mass is 10.2. The number of halogens is 1. The Kier molecular flexibility index (Phi) is 9.32. The second kappa shape index (κ2) is 12.6. The topological polar surface area (TPSA) is 110 Å². The molecule has 3 aromatic rings. The smallest absolute Gasteiger partial charge is 0.411 e. The van der Waals surface area contributed by atoms with E-state index < -0.39 is 6.09 Å².